The highest BCUT2D eigenvalue weighted by atomic mass is 16.5. The first-order chi connectivity index (χ1) is 8.08. The first-order valence-corrected chi connectivity index (χ1v) is 5.69. The van der Waals surface area contributed by atoms with Crippen LogP contribution in [0.25, 0.3) is 0 Å². The highest BCUT2D eigenvalue weighted by Crippen LogP contribution is 2.32. The summed E-state index contributed by atoms with van der Waals surface area (Å²) in [6.45, 7) is 3.91. The summed E-state index contributed by atoms with van der Waals surface area (Å²) >= 11 is 0. The third-order valence-electron chi connectivity index (χ3n) is 2.59. The average molecular weight is 238 g/mol. The highest BCUT2D eigenvalue weighted by Gasteiger charge is 2.08. The molecule has 0 bridgehead atoms. The van der Waals surface area contributed by atoms with Crippen molar-refractivity contribution >= 4 is 5.69 Å². The molecule has 4 nitrogen and oxygen atoms in total. The minimum Gasteiger partial charge on any atom is -0.497 e. The molecule has 0 saturated heterocycles. The molecule has 1 aromatic rings. The molecule has 0 aliphatic carbocycles. The van der Waals surface area contributed by atoms with Crippen LogP contribution in [0.15, 0.2) is 12.1 Å². The molecule has 0 aromatic heterocycles. The molecule has 0 fully saturated rings. The Morgan fingerprint density at radius 2 is 1.88 bits per heavy atom. The molecule has 0 aliphatic heterocycles. The van der Waals surface area contributed by atoms with Gasteiger partial charge in [-0.3, -0.25) is 0 Å². The van der Waals surface area contributed by atoms with Gasteiger partial charge in [-0.15, -0.1) is 0 Å². The van der Waals surface area contributed by atoms with E-state index in [1.165, 1.54) is 0 Å². The molecule has 0 amide bonds. The van der Waals surface area contributed by atoms with E-state index in [0.717, 1.165) is 35.8 Å². The number of aryl methyl sites for hydroxylation is 1. The van der Waals surface area contributed by atoms with Crippen LogP contribution in [0, 0.1) is 6.92 Å². The Balaban J connectivity index is 2.82. The fourth-order valence-electron chi connectivity index (χ4n) is 1.63. The van der Waals surface area contributed by atoms with Gasteiger partial charge in [0.25, 0.3) is 0 Å². The number of hydrogen-bond acceptors (Lipinski definition) is 4. The van der Waals surface area contributed by atoms with Gasteiger partial charge < -0.3 is 19.7 Å². The molecule has 0 saturated carbocycles. The van der Waals surface area contributed by atoms with Crippen LogP contribution in [0.4, 0.5) is 5.69 Å². The topological polar surface area (TPSA) is 33.7 Å². The zero-order chi connectivity index (χ0) is 12.8. The average Bonchev–Trinajstić information content (AvgIpc) is 2.30. The molecule has 1 rings (SSSR count). The van der Waals surface area contributed by atoms with Gasteiger partial charge in [0.1, 0.15) is 11.5 Å². The van der Waals surface area contributed by atoms with E-state index in [1.54, 1.807) is 14.2 Å². The van der Waals surface area contributed by atoms with Gasteiger partial charge in [0.05, 0.1) is 19.9 Å². The quantitative estimate of drug-likeness (QED) is 0.821. The highest BCUT2D eigenvalue weighted by molar-refractivity contribution is 5.64. The lowest BCUT2D eigenvalue weighted by Gasteiger charge is -2.17. The molecule has 0 aliphatic rings. The van der Waals surface area contributed by atoms with Gasteiger partial charge in [0, 0.05) is 19.2 Å². The molecule has 0 heterocycles. The summed E-state index contributed by atoms with van der Waals surface area (Å²) < 4.78 is 10.6. The minimum absolute atomic E-state index is 0.817. The first-order valence-electron chi connectivity index (χ1n) is 5.69. The molecule has 0 atom stereocenters. The van der Waals surface area contributed by atoms with Gasteiger partial charge >= 0.3 is 0 Å². The van der Waals surface area contributed by atoms with E-state index >= 15 is 0 Å². The normalized spacial score (nSPS) is 10.5. The smallest absolute Gasteiger partial charge is 0.145 e. The Kier molecular flexibility index (Phi) is 5.10. The molecule has 0 spiro atoms. The van der Waals surface area contributed by atoms with E-state index in [2.05, 4.69) is 24.3 Å². The van der Waals surface area contributed by atoms with Crippen molar-refractivity contribution in [1.82, 2.24) is 4.90 Å². The standard InChI is InChI=1S/C13H22N2O2/c1-10-8-11(16-4)9-12(17-5)13(10)14-6-7-15(2)3/h8-9,14H,6-7H2,1-5H3. The fourth-order valence-corrected chi connectivity index (χ4v) is 1.63. The van der Waals surface area contributed by atoms with Crippen LogP contribution >= 0.6 is 0 Å². The maximum Gasteiger partial charge on any atom is 0.145 e. The van der Waals surface area contributed by atoms with Crippen molar-refractivity contribution in [1.29, 1.82) is 0 Å². The van der Waals surface area contributed by atoms with Gasteiger partial charge in [-0.1, -0.05) is 0 Å². The zero-order valence-electron chi connectivity index (χ0n) is 11.3. The molecule has 1 aromatic carbocycles. The van der Waals surface area contributed by atoms with Crippen LogP contribution in [0.1, 0.15) is 5.56 Å². The lowest BCUT2D eigenvalue weighted by atomic mass is 10.1. The van der Waals surface area contributed by atoms with Crippen LogP contribution in [-0.4, -0.2) is 46.3 Å². The molecule has 4 heteroatoms. The third-order valence-corrected chi connectivity index (χ3v) is 2.59. The summed E-state index contributed by atoms with van der Waals surface area (Å²) in [5.41, 5.74) is 2.16. The van der Waals surface area contributed by atoms with E-state index in [4.69, 9.17) is 9.47 Å². The Morgan fingerprint density at radius 3 is 2.41 bits per heavy atom. The first kappa shape index (κ1) is 13.6. The summed E-state index contributed by atoms with van der Waals surface area (Å²) in [6.07, 6.45) is 0. The fraction of sp³-hybridized carbons (Fsp3) is 0.538. The maximum atomic E-state index is 5.37. The lowest BCUT2D eigenvalue weighted by molar-refractivity contribution is 0.394. The molecule has 17 heavy (non-hydrogen) atoms. The Hall–Kier alpha value is -1.42. The van der Waals surface area contributed by atoms with Gasteiger partial charge in [0.2, 0.25) is 0 Å². The van der Waals surface area contributed by atoms with Crippen LogP contribution in [0.3, 0.4) is 0 Å². The van der Waals surface area contributed by atoms with E-state index in [1.807, 2.05) is 19.1 Å². The maximum absolute atomic E-state index is 5.37. The minimum atomic E-state index is 0.817. The van der Waals surface area contributed by atoms with E-state index in [0.29, 0.717) is 0 Å². The number of benzene rings is 1. The summed E-state index contributed by atoms with van der Waals surface area (Å²) in [4.78, 5) is 2.14. The van der Waals surface area contributed by atoms with Crippen molar-refractivity contribution in [2.24, 2.45) is 0 Å². The number of hydrogen-bond donors (Lipinski definition) is 1. The Bertz CT molecular complexity index is 365. The van der Waals surface area contributed by atoms with Crippen molar-refractivity contribution in [3.63, 3.8) is 0 Å². The summed E-state index contributed by atoms with van der Waals surface area (Å²) in [5.74, 6) is 1.64. The van der Waals surface area contributed by atoms with Crippen LogP contribution in [0.5, 0.6) is 11.5 Å². The molecular weight excluding hydrogens is 216 g/mol. The van der Waals surface area contributed by atoms with Crippen molar-refractivity contribution in [3.8, 4) is 11.5 Å². The monoisotopic (exact) mass is 238 g/mol. The Labute approximate surface area is 104 Å². The molecule has 0 radical (unpaired) electrons. The van der Waals surface area contributed by atoms with Crippen molar-refractivity contribution in [3.05, 3.63) is 17.7 Å². The predicted molar refractivity (Wildman–Crippen MR) is 71.3 cm³/mol. The number of nitrogens with zero attached hydrogens (tertiary/aromatic N) is 1. The lowest BCUT2D eigenvalue weighted by Crippen LogP contribution is -2.21. The van der Waals surface area contributed by atoms with Crippen LogP contribution in [0.2, 0.25) is 0 Å². The molecular formula is C13H22N2O2. The second-order valence-corrected chi connectivity index (χ2v) is 4.25. The van der Waals surface area contributed by atoms with Gasteiger partial charge in [-0.2, -0.15) is 0 Å². The molecule has 0 unspecified atom stereocenters. The van der Waals surface area contributed by atoms with Crippen molar-refractivity contribution in [2.45, 2.75) is 6.92 Å². The number of ether oxygens (including phenoxy) is 2. The number of anilines is 1. The van der Waals surface area contributed by atoms with Crippen molar-refractivity contribution in [2.75, 3.05) is 46.7 Å². The van der Waals surface area contributed by atoms with E-state index in [9.17, 15) is 0 Å². The van der Waals surface area contributed by atoms with E-state index in [-0.39, 0.29) is 0 Å². The van der Waals surface area contributed by atoms with Gasteiger partial charge in [0.15, 0.2) is 0 Å². The van der Waals surface area contributed by atoms with E-state index < -0.39 is 0 Å². The number of likely N-dealkylation sites (N-methyl/N-ethyl adjacent to an activating group) is 1. The SMILES string of the molecule is COc1cc(C)c(NCCN(C)C)c(OC)c1. The molecule has 96 valence electrons. The summed E-state index contributed by atoms with van der Waals surface area (Å²) in [7, 11) is 7.44. The number of methoxy groups -OCH3 is 2. The van der Waals surface area contributed by atoms with Crippen LogP contribution in [-0.2, 0) is 0 Å². The Morgan fingerprint density at radius 1 is 1.18 bits per heavy atom. The second kappa shape index (κ2) is 6.35. The van der Waals surface area contributed by atoms with Gasteiger partial charge in [-0.25, -0.2) is 0 Å². The molecule has 1 N–H and O–H groups in total. The third kappa shape index (κ3) is 3.82. The largest absolute Gasteiger partial charge is 0.497 e. The summed E-state index contributed by atoms with van der Waals surface area (Å²) in [5, 5.41) is 3.39. The summed E-state index contributed by atoms with van der Waals surface area (Å²) in [6, 6.07) is 3.89. The zero-order valence-corrected chi connectivity index (χ0v) is 11.3. The number of nitrogens with one attached hydrogen (secondary N) is 1. The van der Waals surface area contributed by atoms with Crippen LogP contribution < -0.4 is 14.8 Å². The van der Waals surface area contributed by atoms with Crippen molar-refractivity contribution < 1.29 is 9.47 Å². The predicted octanol–water partition coefficient (Wildman–Crippen LogP) is 1.99. The number of rotatable bonds is 6. The van der Waals surface area contributed by atoms with Gasteiger partial charge in [-0.05, 0) is 32.6 Å². The second-order valence-electron chi connectivity index (χ2n) is 4.25.